The molecule has 2 rings (SSSR count). The molecule has 0 spiro atoms. The number of hydrazine groups is 1. The summed E-state index contributed by atoms with van der Waals surface area (Å²) in [6.45, 7) is 2.68. The van der Waals surface area contributed by atoms with E-state index in [1.807, 2.05) is 0 Å². The van der Waals surface area contributed by atoms with Crippen molar-refractivity contribution in [2.24, 2.45) is 11.3 Å². The molecule has 7 nitrogen and oxygen atoms in total. The first-order valence-electron chi connectivity index (χ1n) is 7.04. The Kier molecular flexibility index (Phi) is 4.42. The first kappa shape index (κ1) is 15.2. The molecular formula is C14H20N4O3. The van der Waals surface area contributed by atoms with Crippen LogP contribution in [0.2, 0.25) is 0 Å². The molecule has 4 N–H and O–H groups in total. The average Bonchev–Trinajstić information content (AvgIpc) is 3.24. The van der Waals surface area contributed by atoms with Crippen molar-refractivity contribution in [3.63, 3.8) is 0 Å². The molecule has 0 saturated heterocycles. The van der Waals surface area contributed by atoms with Crippen LogP contribution < -0.4 is 16.6 Å². The van der Waals surface area contributed by atoms with Gasteiger partial charge in [-0.15, -0.1) is 0 Å². The molecule has 21 heavy (non-hydrogen) atoms. The number of carbonyl (C=O) groups is 1. The first-order valence-corrected chi connectivity index (χ1v) is 7.04. The van der Waals surface area contributed by atoms with Gasteiger partial charge in [-0.05, 0) is 36.8 Å². The van der Waals surface area contributed by atoms with Gasteiger partial charge in [0.1, 0.15) is 5.56 Å². The Hall–Kier alpha value is -2.15. The van der Waals surface area contributed by atoms with E-state index in [0.717, 1.165) is 25.7 Å². The van der Waals surface area contributed by atoms with Crippen molar-refractivity contribution in [3.05, 3.63) is 33.9 Å². The van der Waals surface area contributed by atoms with Crippen LogP contribution in [0.25, 0.3) is 0 Å². The van der Waals surface area contributed by atoms with E-state index in [0.29, 0.717) is 12.2 Å². The van der Waals surface area contributed by atoms with Crippen molar-refractivity contribution >= 4 is 17.3 Å². The summed E-state index contributed by atoms with van der Waals surface area (Å²) < 4.78 is 0. The van der Waals surface area contributed by atoms with Crippen molar-refractivity contribution in [1.82, 2.24) is 5.32 Å². The smallest absolute Gasteiger partial charge is 0.282 e. The quantitative estimate of drug-likeness (QED) is 0.405. The summed E-state index contributed by atoms with van der Waals surface area (Å²) >= 11 is 0. The number of nitro benzene ring substituents is 1. The van der Waals surface area contributed by atoms with Crippen molar-refractivity contribution in [1.29, 1.82) is 0 Å². The highest BCUT2D eigenvalue weighted by Gasteiger charge is 2.41. The zero-order valence-corrected chi connectivity index (χ0v) is 12.0. The molecule has 0 bridgehead atoms. The largest absolute Gasteiger partial charge is 0.351 e. The number of hydrogen-bond acceptors (Lipinski definition) is 5. The monoisotopic (exact) mass is 292 g/mol. The van der Waals surface area contributed by atoms with E-state index in [9.17, 15) is 14.9 Å². The van der Waals surface area contributed by atoms with Gasteiger partial charge in [-0.25, -0.2) is 0 Å². The number of nitrogens with two attached hydrogens (primary N) is 1. The molecule has 0 aromatic heterocycles. The molecule has 1 amide bonds. The predicted octanol–water partition coefficient (Wildman–Crippen LogP) is 2.19. The normalized spacial score (nSPS) is 15.3. The average molecular weight is 292 g/mol. The van der Waals surface area contributed by atoms with Crippen molar-refractivity contribution < 1.29 is 9.72 Å². The molecular weight excluding hydrogens is 272 g/mol. The number of nitrogens with one attached hydrogen (secondary N) is 2. The maximum Gasteiger partial charge on any atom is 0.282 e. The van der Waals surface area contributed by atoms with Crippen LogP contribution in [0, 0.1) is 15.5 Å². The summed E-state index contributed by atoms with van der Waals surface area (Å²) in [7, 11) is 0. The molecule has 1 aromatic rings. The van der Waals surface area contributed by atoms with Crippen LogP contribution in [0.3, 0.4) is 0 Å². The lowest BCUT2D eigenvalue weighted by Gasteiger charge is -2.15. The molecule has 7 heteroatoms. The van der Waals surface area contributed by atoms with Crippen LogP contribution >= 0.6 is 0 Å². The van der Waals surface area contributed by atoms with Gasteiger partial charge >= 0.3 is 0 Å². The van der Waals surface area contributed by atoms with Gasteiger partial charge in [0.15, 0.2) is 0 Å². The minimum Gasteiger partial charge on any atom is -0.351 e. The molecule has 0 radical (unpaired) electrons. The summed E-state index contributed by atoms with van der Waals surface area (Å²) in [5.74, 6) is 4.86. The number of hydrogen-bond donors (Lipinski definition) is 3. The van der Waals surface area contributed by atoms with Crippen LogP contribution in [0.4, 0.5) is 11.4 Å². The van der Waals surface area contributed by atoms with E-state index in [-0.39, 0.29) is 16.7 Å². The second-order valence-electron chi connectivity index (χ2n) is 5.57. The molecule has 114 valence electrons. The fraction of sp³-hybridized carbons (Fsp3) is 0.500. The highest BCUT2D eigenvalue weighted by atomic mass is 16.6. The lowest BCUT2D eigenvalue weighted by atomic mass is 10.0. The van der Waals surface area contributed by atoms with Crippen LogP contribution in [0.1, 0.15) is 43.0 Å². The minimum atomic E-state index is -0.561. The maximum atomic E-state index is 12.2. The molecule has 1 aliphatic rings. The lowest BCUT2D eigenvalue weighted by molar-refractivity contribution is -0.385. The van der Waals surface area contributed by atoms with Crippen LogP contribution in [-0.4, -0.2) is 17.4 Å². The molecule has 1 aromatic carbocycles. The standard InChI is InChI=1S/C14H20N4O3/c1-2-5-14(6-7-14)9-16-13(19)11-8-10(17-15)3-4-12(11)18(20)21/h3-4,8,17H,2,5-7,9,15H2,1H3,(H,16,19). The molecule has 1 aliphatic carbocycles. The van der Waals surface area contributed by atoms with Gasteiger partial charge in [0.25, 0.3) is 11.6 Å². The van der Waals surface area contributed by atoms with Gasteiger partial charge in [0, 0.05) is 18.3 Å². The topological polar surface area (TPSA) is 110 Å². The van der Waals surface area contributed by atoms with Crippen molar-refractivity contribution in [2.45, 2.75) is 32.6 Å². The van der Waals surface area contributed by atoms with Crippen LogP contribution in [0.5, 0.6) is 0 Å². The summed E-state index contributed by atoms with van der Waals surface area (Å²) in [5.41, 5.74) is 2.86. The zero-order valence-electron chi connectivity index (χ0n) is 12.0. The summed E-state index contributed by atoms with van der Waals surface area (Å²) in [6, 6.07) is 4.14. The summed E-state index contributed by atoms with van der Waals surface area (Å²) in [5, 5.41) is 13.8. The van der Waals surface area contributed by atoms with Gasteiger partial charge in [-0.3, -0.25) is 20.8 Å². The highest BCUT2D eigenvalue weighted by Crippen LogP contribution is 2.48. The fourth-order valence-corrected chi connectivity index (χ4v) is 2.55. The minimum absolute atomic E-state index is 0.0303. The zero-order chi connectivity index (χ0) is 15.5. The Labute approximate surface area is 123 Å². The molecule has 0 aliphatic heterocycles. The second-order valence-corrected chi connectivity index (χ2v) is 5.57. The van der Waals surface area contributed by atoms with Crippen LogP contribution in [0.15, 0.2) is 18.2 Å². The van der Waals surface area contributed by atoms with Gasteiger partial charge in [0.2, 0.25) is 0 Å². The van der Waals surface area contributed by atoms with E-state index < -0.39 is 10.8 Å². The fourth-order valence-electron chi connectivity index (χ4n) is 2.55. The van der Waals surface area contributed by atoms with Gasteiger partial charge in [-0.2, -0.15) is 0 Å². The maximum absolute atomic E-state index is 12.2. The Morgan fingerprint density at radius 1 is 1.48 bits per heavy atom. The number of nitrogen functional groups attached to an aromatic ring is 1. The van der Waals surface area contributed by atoms with Crippen LogP contribution in [-0.2, 0) is 0 Å². The van der Waals surface area contributed by atoms with Gasteiger partial charge in [-0.1, -0.05) is 13.3 Å². The van der Waals surface area contributed by atoms with Gasteiger partial charge < -0.3 is 10.7 Å². The molecule has 0 atom stereocenters. The van der Waals surface area contributed by atoms with E-state index in [2.05, 4.69) is 17.7 Å². The molecule has 1 fully saturated rings. The Balaban J connectivity index is 2.12. The SMILES string of the molecule is CCCC1(CNC(=O)c2cc(NN)ccc2[N+](=O)[O-])CC1. The number of rotatable bonds is 7. The highest BCUT2D eigenvalue weighted by molar-refractivity contribution is 5.99. The van der Waals surface area contributed by atoms with E-state index >= 15 is 0 Å². The molecule has 0 heterocycles. The van der Waals surface area contributed by atoms with Gasteiger partial charge in [0.05, 0.1) is 4.92 Å². The Morgan fingerprint density at radius 3 is 2.71 bits per heavy atom. The Morgan fingerprint density at radius 2 is 2.19 bits per heavy atom. The van der Waals surface area contributed by atoms with Crippen molar-refractivity contribution in [3.8, 4) is 0 Å². The molecule has 0 unspecified atom stereocenters. The van der Waals surface area contributed by atoms with E-state index in [4.69, 9.17) is 5.84 Å². The third-order valence-corrected chi connectivity index (χ3v) is 3.97. The molecule has 1 saturated carbocycles. The number of nitro groups is 1. The van der Waals surface area contributed by atoms with E-state index in [1.54, 1.807) is 0 Å². The number of amides is 1. The van der Waals surface area contributed by atoms with Crippen molar-refractivity contribution in [2.75, 3.05) is 12.0 Å². The van der Waals surface area contributed by atoms with E-state index in [1.165, 1.54) is 18.2 Å². The second kappa shape index (κ2) is 6.09. The number of nitrogens with zero attached hydrogens (tertiary/aromatic N) is 1. The third kappa shape index (κ3) is 3.49. The lowest BCUT2D eigenvalue weighted by Crippen LogP contribution is -2.30. The Bertz CT molecular complexity index is 555. The summed E-state index contributed by atoms with van der Waals surface area (Å²) in [6.07, 6.45) is 4.35. The first-order chi connectivity index (χ1) is 10.0. The summed E-state index contributed by atoms with van der Waals surface area (Å²) in [4.78, 5) is 22.7. The third-order valence-electron chi connectivity index (χ3n) is 3.97. The number of anilines is 1. The predicted molar refractivity (Wildman–Crippen MR) is 79.8 cm³/mol. The number of carbonyl (C=O) groups excluding carboxylic acids is 1. The number of benzene rings is 1.